The molecule has 0 heterocycles. The van der Waals surface area contributed by atoms with Crippen molar-refractivity contribution in [1.82, 2.24) is 0 Å². The topological polar surface area (TPSA) is 66.8 Å². The first-order valence-corrected chi connectivity index (χ1v) is 4.33. The number of ether oxygens (including phenoxy) is 1. The molecule has 0 saturated carbocycles. The summed E-state index contributed by atoms with van der Waals surface area (Å²) in [4.78, 5) is 10.7. The average molecular weight is 212 g/mol. The molecule has 0 aliphatic carbocycles. The molecule has 0 unspecified atom stereocenters. The maximum absolute atomic E-state index is 10.7. The monoisotopic (exact) mass is 212 g/mol. The predicted octanol–water partition coefficient (Wildman–Crippen LogP) is -0.192. The normalized spacial score (nSPS) is 11.3. The maximum Gasteiger partial charge on any atom is 0.359 e. The first-order valence-electron chi connectivity index (χ1n) is 3.43. The van der Waals surface area contributed by atoms with Crippen molar-refractivity contribution in [2.75, 3.05) is 13.2 Å². The molecule has 0 aromatic carbocycles. The van der Waals surface area contributed by atoms with Crippen LogP contribution in [0.5, 0.6) is 0 Å². The van der Waals surface area contributed by atoms with Crippen molar-refractivity contribution in [3.05, 3.63) is 0 Å². The van der Waals surface area contributed by atoms with E-state index in [9.17, 15) is 4.79 Å². The van der Waals surface area contributed by atoms with Gasteiger partial charge in [-0.25, -0.2) is 4.79 Å². The van der Waals surface area contributed by atoms with E-state index < -0.39 is 10.2 Å². The van der Waals surface area contributed by atoms with E-state index in [-0.39, 0.29) is 13.2 Å². The zero-order valence-corrected chi connectivity index (χ0v) is 8.22. The van der Waals surface area contributed by atoms with E-state index in [0.717, 1.165) is 0 Å². The lowest BCUT2D eigenvalue weighted by atomic mass is 10.3. The van der Waals surface area contributed by atoms with Gasteiger partial charge in [0.15, 0.2) is 0 Å². The Labute approximate surface area is 81.7 Å². The molecule has 2 N–H and O–H groups in total. The van der Waals surface area contributed by atoms with Gasteiger partial charge >= 0.3 is 5.97 Å². The Hall–Kier alpha value is 0.0900. The van der Waals surface area contributed by atoms with E-state index in [1.165, 1.54) is 0 Å². The van der Waals surface area contributed by atoms with Gasteiger partial charge in [-0.3, -0.25) is 0 Å². The van der Waals surface area contributed by atoms with Crippen LogP contribution in [-0.2, 0) is 9.53 Å². The molecule has 0 radical (unpaired) electrons. The highest BCUT2D eigenvalue weighted by atomic mass is 32.2. The SMILES string of the molecule is O=C(OCCCCO)C(O)(S)S. The molecule has 0 aliphatic rings. The Morgan fingerprint density at radius 3 is 2.42 bits per heavy atom. The molecule has 6 heteroatoms. The van der Waals surface area contributed by atoms with Crippen LogP contribution in [0.3, 0.4) is 0 Å². The van der Waals surface area contributed by atoms with Gasteiger partial charge in [0.2, 0.25) is 0 Å². The minimum Gasteiger partial charge on any atom is -0.462 e. The predicted molar refractivity (Wildman–Crippen MR) is 50.2 cm³/mol. The quantitative estimate of drug-likeness (QED) is 0.221. The Kier molecular flexibility index (Phi) is 5.73. The third-order valence-corrected chi connectivity index (χ3v) is 1.42. The van der Waals surface area contributed by atoms with Gasteiger partial charge in [0.05, 0.1) is 6.61 Å². The van der Waals surface area contributed by atoms with Crippen LogP contribution in [0, 0.1) is 0 Å². The second kappa shape index (κ2) is 5.69. The summed E-state index contributed by atoms with van der Waals surface area (Å²) in [7, 11) is 0. The van der Waals surface area contributed by atoms with Gasteiger partial charge in [-0.15, -0.1) is 25.3 Å². The Morgan fingerprint density at radius 2 is 2.00 bits per heavy atom. The van der Waals surface area contributed by atoms with Crippen molar-refractivity contribution in [1.29, 1.82) is 0 Å². The Morgan fingerprint density at radius 1 is 1.42 bits per heavy atom. The number of hydrogen-bond donors (Lipinski definition) is 4. The van der Waals surface area contributed by atoms with Crippen LogP contribution in [0.15, 0.2) is 0 Å². The second-order valence-electron chi connectivity index (χ2n) is 2.20. The fourth-order valence-electron chi connectivity index (χ4n) is 0.476. The highest BCUT2D eigenvalue weighted by Crippen LogP contribution is 2.16. The fraction of sp³-hybridized carbons (Fsp3) is 0.833. The number of esters is 1. The zero-order valence-electron chi connectivity index (χ0n) is 6.43. The summed E-state index contributed by atoms with van der Waals surface area (Å²) in [6, 6.07) is 0. The van der Waals surface area contributed by atoms with Gasteiger partial charge < -0.3 is 14.9 Å². The maximum atomic E-state index is 10.7. The third kappa shape index (κ3) is 5.70. The molecule has 0 amide bonds. The highest BCUT2D eigenvalue weighted by molar-refractivity contribution is 8.01. The molecule has 4 nitrogen and oxygen atoms in total. The van der Waals surface area contributed by atoms with Crippen LogP contribution in [-0.4, -0.2) is 33.7 Å². The first kappa shape index (κ1) is 12.1. The molecular weight excluding hydrogens is 200 g/mol. The summed E-state index contributed by atoms with van der Waals surface area (Å²) in [5, 5.41) is 17.2. The lowest BCUT2D eigenvalue weighted by molar-refractivity contribution is -0.150. The third-order valence-electron chi connectivity index (χ3n) is 1.06. The molecule has 0 aromatic rings. The molecule has 0 bridgehead atoms. The number of thiol groups is 2. The molecule has 0 atom stereocenters. The summed E-state index contributed by atoms with van der Waals surface area (Å²) in [6.07, 6.45) is 1.12. The molecule has 0 aliphatic heterocycles. The summed E-state index contributed by atoms with van der Waals surface area (Å²) >= 11 is 6.94. The molecule has 12 heavy (non-hydrogen) atoms. The van der Waals surface area contributed by atoms with Crippen LogP contribution in [0.1, 0.15) is 12.8 Å². The number of aliphatic hydroxyl groups excluding tert-OH is 1. The standard InChI is InChI=1S/C6H12O4S2/c7-3-1-2-4-10-5(8)6(9,11)12/h7,9,11-12H,1-4H2. The zero-order chi connectivity index (χ0) is 9.61. The molecular formula is C6H12O4S2. The molecule has 0 spiro atoms. The average Bonchev–Trinajstić information content (AvgIpc) is 1.96. The molecule has 0 rings (SSSR count). The molecule has 72 valence electrons. The van der Waals surface area contributed by atoms with Gasteiger partial charge in [-0.2, -0.15) is 0 Å². The Bertz CT molecular complexity index is 143. The minimum atomic E-state index is -2.03. The van der Waals surface area contributed by atoms with Crippen LogP contribution in [0.25, 0.3) is 0 Å². The van der Waals surface area contributed by atoms with Crippen LogP contribution in [0.4, 0.5) is 0 Å². The van der Waals surface area contributed by atoms with E-state index in [1.807, 2.05) is 0 Å². The number of aliphatic hydroxyl groups is 2. The second-order valence-corrected chi connectivity index (χ2v) is 3.85. The van der Waals surface area contributed by atoms with Gasteiger partial charge in [-0.1, -0.05) is 0 Å². The van der Waals surface area contributed by atoms with Crippen LogP contribution >= 0.6 is 25.3 Å². The number of hydrogen-bond acceptors (Lipinski definition) is 6. The summed E-state index contributed by atoms with van der Waals surface area (Å²) in [5.41, 5.74) is 0. The first-order chi connectivity index (χ1) is 5.48. The lowest BCUT2D eigenvalue weighted by Gasteiger charge is -2.13. The summed E-state index contributed by atoms with van der Waals surface area (Å²) in [5.74, 6) is -0.896. The Balaban J connectivity index is 3.45. The summed E-state index contributed by atoms with van der Waals surface area (Å²) < 4.78 is 2.53. The van der Waals surface area contributed by atoms with Crippen molar-refractivity contribution in [2.24, 2.45) is 0 Å². The van der Waals surface area contributed by atoms with Crippen molar-refractivity contribution in [3.63, 3.8) is 0 Å². The number of carbonyl (C=O) groups excluding carboxylic acids is 1. The van der Waals surface area contributed by atoms with E-state index in [0.29, 0.717) is 12.8 Å². The van der Waals surface area contributed by atoms with E-state index in [2.05, 4.69) is 30.0 Å². The smallest absolute Gasteiger partial charge is 0.359 e. The van der Waals surface area contributed by atoms with E-state index >= 15 is 0 Å². The van der Waals surface area contributed by atoms with E-state index in [4.69, 9.17) is 10.2 Å². The van der Waals surface area contributed by atoms with Crippen molar-refractivity contribution < 1.29 is 19.7 Å². The van der Waals surface area contributed by atoms with Gasteiger partial charge in [0.1, 0.15) is 0 Å². The molecule has 0 fully saturated rings. The van der Waals surface area contributed by atoms with Crippen molar-refractivity contribution >= 4 is 31.2 Å². The van der Waals surface area contributed by atoms with E-state index in [1.54, 1.807) is 0 Å². The number of rotatable bonds is 5. The molecule has 0 saturated heterocycles. The van der Waals surface area contributed by atoms with Gasteiger partial charge in [0.25, 0.3) is 4.27 Å². The summed E-state index contributed by atoms with van der Waals surface area (Å²) in [6.45, 7) is 0.215. The lowest BCUT2D eigenvalue weighted by Crippen LogP contribution is -2.28. The van der Waals surface area contributed by atoms with Gasteiger partial charge in [-0.05, 0) is 12.8 Å². The van der Waals surface area contributed by atoms with Crippen LogP contribution < -0.4 is 0 Å². The van der Waals surface area contributed by atoms with Crippen LogP contribution in [0.2, 0.25) is 0 Å². The number of carbonyl (C=O) groups is 1. The largest absolute Gasteiger partial charge is 0.462 e. The minimum absolute atomic E-state index is 0.0591. The molecule has 0 aromatic heterocycles. The number of unbranched alkanes of at least 4 members (excludes halogenated alkanes) is 1. The van der Waals surface area contributed by atoms with Gasteiger partial charge in [0, 0.05) is 6.61 Å². The fourth-order valence-corrected chi connectivity index (χ4v) is 0.605. The van der Waals surface area contributed by atoms with Crippen molar-refractivity contribution in [2.45, 2.75) is 17.1 Å². The highest BCUT2D eigenvalue weighted by Gasteiger charge is 2.28. The van der Waals surface area contributed by atoms with Crippen molar-refractivity contribution in [3.8, 4) is 0 Å².